The Morgan fingerprint density at radius 3 is 2.34 bits per heavy atom. The molecule has 1 saturated heterocycles. The van der Waals surface area contributed by atoms with E-state index >= 15 is 0 Å². The molecule has 0 aliphatic carbocycles. The number of hydrogen-bond donors (Lipinski definition) is 0. The summed E-state index contributed by atoms with van der Waals surface area (Å²) in [7, 11) is 0. The molecule has 5 nitrogen and oxygen atoms in total. The number of carbonyl (C=O) groups is 1. The first-order chi connectivity index (χ1) is 14.0. The molecule has 29 heavy (non-hydrogen) atoms. The summed E-state index contributed by atoms with van der Waals surface area (Å²) in [5.41, 5.74) is 2.41. The molecule has 1 aromatic heterocycles. The first kappa shape index (κ1) is 20.9. The van der Waals surface area contributed by atoms with Crippen LogP contribution in [0.25, 0.3) is 22.6 Å². The highest BCUT2D eigenvalue weighted by Gasteiger charge is 2.25. The number of amides is 1. The second-order valence-electron chi connectivity index (χ2n) is 7.88. The minimum atomic E-state index is -0.325. The highest BCUT2D eigenvalue weighted by molar-refractivity contribution is 5.75. The van der Waals surface area contributed by atoms with Crippen molar-refractivity contribution in [2.45, 2.75) is 52.1 Å². The van der Waals surface area contributed by atoms with Crippen molar-refractivity contribution in [1.82, 2.24) is 9.88 Å². The fraction of sp³-hybridized carbons (Fsp3) is 0.417. The van der Waals surface area contributed by atoms with Crippen LogP contribution in [0.15, 0.2) is 59.0 Å². The van der Waals surface area contributed by atoms with Gasteiger partial charge < -0.3 is 14.1 Å². The topological polar surface area (TPSA) is 55.6 Å². The lowest BCUT2D eigenvalue weighted by molar-refractivity contribution is 0.00844. The van der Waals surface area contributed by atoms with Crippen LogP contribution in [-0.4, -0.2) is 34.7 Å². The van der Waals surface area contributed by atoms with E-state index in [1.807, 2.05) is 80.3 Å². The molecule has 1 aliphatic heterocycles. The zero-order valence-corrected chi connectivity index (χ0v) is 17.6. The molecule has 0 atom stereocenters. The summed E-state index contributed by atoms with van der Waals surface area (Å²) >= 11 is 0. The van der Waals surface area contributed by atoms with Gasteiger partial charge in [-0.1, -0.05) is 37.3 Å². The van der Waals surface area contributed by atoms with Crippen LogP contribution in [0, 0.1) is 0 Å². The monoisotopic (exact) mass is 394 g/mol. The second kappa shape index (κ2) is 9.59. The van der Waals surface area contributed by atoms with Crippen LogP contribution >= 0.6 is 0 Å². The Kier molecular flexibility index (Phi) is 6.91. The zero-order chi connectivity index (χ0) is 20.7. The number of hydrogen-bond acceptors (Lipinski definition) is 4. The largest absolute Gasteiger partial charge is 0.443 e. The highest BCUT2D eigenvalue weighted by Crippen LogP contribution is 2.23. The van der Waals surface area contributed by atoms with E-state index in [1.165, 1.54) is 6.42 Å². The molecule has 0 saturated carbocycles. The van der Waals surface area contributed by atoms with Gasteiger partial charge in [-0.15, -0.1) is 0 Å². The third-order valence-electron chi connectivity index (χ3n) is 5.14. The Morgan fingerprint density at radius 1 is 1.03 bits per heavy atom. The highest BCUT2D eigenvalue weighted by atomic mass is 16.6. The van der Waals surface area contributed by atoms with Crippen molar-refractivity contribution >= 4 is 17.2 Å². The Morgan fingerprint density at radius 2 is 1.69 bits per heavy atom. The van der Waals surface area contributed by atoms with Crippen LogP contribution in [0.3, 0.4) is 0 Å². The van der Waals surface area contributed by atoms with E-state index in [-0.39, 0.29) is 11.7 Å². The van der Waals surface area contributed by atoms with Gasteiger partial charge in [-0.25, -0.2) is 9.78 Å². The summed E-state index contributed by atoms with van der Waals surface area (Å²) in [5.74, 6) is 0.678. The molecule has 0 bridgehead atoms. The van der Waals surface area contributed by atoms with Crippen LogP contribution in [-0.2, 0) is 4.74 Å². The van der Waals surface area contributed by atoms with Crippen molar-refractivity contribution in [3.63, 3.8) is 0 Å². The Bertz CT molecular complexity index is 879. The van der Waals surface area contributed by atoms with Gasteiger partial charge in [0.2, 0.25) is 5.89 Å². The van der Waals surface area contributed by atoms with Crippen molar-refractivity contribution in [2.24, 2.45) is 0 Å². The average molecular weight is 395 g/mol. The molecule has 0 spiro atoms. The van der Waals surface area contributed by atoms with Crippen molar-refractivity contribution in [2.75, 3.05) is 13.1 Å². The molecule has 0 unspecified atom stereocenters. The third kappa shape index (κ3) is 5.83. The van der Waals surface area contributed by atoms with Crippen molar-refractivity contribution in [3.8, 4) is 11.5 Å². The normalized spacial score (nSPS) is 14.2. The van der Waals surface area contributed by atoms with E-state index in [1.54, 1.807) is 0 Å². The van der Waals surface area contributed by atoms with Crippen LogP contribution in [0.4, 0.5) is 4.79 Å². The van der Waals surface area contributed by atoms with Crippen LogP contribution in [0.1, 0.15) is 46.5 Å². The summed E-state index contributed by atoms with van der Waals surface area (Å²) in [4.78, 5) is 17.9. The van der Waals surface area contributed by atoms with Gasteiger partial charge in [0.05, 0.1) is 0 Å². The lowest BCUT2D eigenvalue weighted by Gasteiger charge is -2.31. The van der Waals surface area contributed by atoms with Gasteiger partial charge in [0.25, 0.3) is 0 Å². The lowest BCUT2D eigenvalue weighted by Crippen LogP contribution is -2.40. The quantitative estimate of drug-likeness (QED) is 0.524. The Labute approximate surface area is 172 Å². The number of rotatable bonds is 3. The number of oxazole rings is 1. The number of piperidine rings is 1. The predicted molar refractivity (Wildman–Crippen MR) is 116 cm³/mol. The number of carbonyl (C=O) groups excluding carboxylic acids is 1. The molecule has 154 valence electrons. The SMILES string of the molecule is CCC(C)(C)OC(=O)N1CCCCC1.c1ccc(-c2nc3ccccc3o2)cc1. The minimum absolute atomic E-state index is 0.142. The molecule has 3 aromatic rings. The van der Waals surface area contributed by atoms with E-state index < -0.39 is 0 Å². The molecule has 4 rings (SSSR count). The van der Waals surface area contributed by atoms with E-state index in [2.05, 4.69) is 4.98 Å². The van der Waals surface area contributed by atoms with E-state index in [0.717, 1.165) is 49.0 Å². The minimum Gasteiger partial charge on any atom is -0.443 e. The molecule has 2 heterocycles. The fourth-order valence-electron chi connectivity index (χ4n) is 3.03. The standard InChI is InChI=1S/C13H9NO.C11H21NO2/c1-2-6-10(7-3-1)13-14-11-8-4-5-9-12(11)15-13;1-4-11(2,3)14-10(13)12-8-6-5-7-9-12/h1-9H;4-9H2,1-3H3. The van der Waals surface area contributed by atoms with Crippen LogP contribution in [0.5, 0.6) is 0 Å². The van der Waals surface area contributed by atoms with E-state index in [9.17, 15) is 4.79 Å². The number of likely N-dealkylation sites (tertiary alicyclic amines) is 1. The maximum Gasteiger partial charge on any atom is 0.410 e. The summed E-state index contributed by atoms with van der Waals surface area (Å²) in [6, 6.07) is 17.7. The first-order valence-corrected chi connectivity index (χ1v) is 10.4. The molecular weight excluding hydrogens is 364 g/mol. The van der Waals surface area contributed by atoms with Gasteiger partial charge in [-0.05, 0) is 63.8 Å². The summed E-state index contributed by atoms with van der Waals surface area (Å²) < 4.78 is 11.1. The van der Waals surface area contributed by atoms with Gasteiger partial charge in [0.1, 0.15) is 11.1 Å². The van der Waals surface area contributed by atoms with Gasteiger partial charge in [-0.3, -0.25) is 0 Å². The molecule has 0 N–H and O–H groups in total. The third-order valence-corrected chi connectivity index (χ3v) is 5.14. The maximum atomic E-state index is 11.7. The number of nitrogens with zero attached hydrogens (tertiary/aromatic N) is 2. The summed E-state index contributed by atoms with van der Waals surface area (Å²) in [6.45, 7) is 7.66. The molecule has 5 heteroatoms. The van der Waals surface area contributed by atoms with Gasteiger partial charge in [0, 0.05) is 18.7 Å². The lowest BCUT2D eigenvalue weighted by atomic mass is 10.1. The van der Waals surface area contributed by atoms with Crippen LogP contribution in [0.2, 0.25) is 0 Å². The Hall–Kier alpha value is -2.82. The number of aromatic nitrogens is 1. The van der Waals surface area contributed by atoms with Gasteiger partial charge in [0.15, 0.2) is 5.58 Å². The van der Waals surface area contributed by atoms with E-state index in [0.29, 0.717) is 5.89 Å². The van der Waals surface area contributed by atoms with Gasteiger partial charge >= 0.3 is 6.09 Å². The first-order valence-electron chi connectivity index (χ1n) is 10.4. The summed E-state index contributed by atoms with van der Waals surface area (Å²) in [6.07, 6.45) is 4.17. The Balaban J connectivity index is 0.000000166. The second-order valence-corrected chi connectivity index (χ2v) is 7.88. The molecular formula is C24H30N2O3. The summed E-state index contributed by atoms with van der Waals surface area (Å²) in [5, 5.41) is 0. The van der Waals surface area contributed by atoms with Crippen molar-refractivity contribution in [3.05, 3.63) is 54.6 Å². The number of para-hydroxylation sites is 2. The van der Waals surface area contributed by atoms with Crippen molar-refractivity contribution in [1.29, 1.82) is 0 Å². The predicted octanol–water partition coefficient (Wildman–Crippen LogP) is 6.29. The van der Waals surface area contributed by atoms with Crippen LogP contribution < -0.4 is 0 Å². The number of benzene rings is 2. The molecule has 1 amide bonds. The molecule has 2 aromatic carbocycles. The average Bonchev–Trinajstić information content (AvgIpc) is 3.20. The maximum absolute atomic E-state index is 11.7. The van der Waals surface area contributed by atoms with Crippen molar-refractivity contribution < 1.29 is 13.9 Å². The van der Waals surface area contributed by atoms with E-state index in [4.69, 9.17) is 9.15 Å². The molecule has 1 aliphatic rings. The smallest absolute Gasteiger partial charge is 0.410 e. The van der Waals surface area contributed by atoms with Gasteiger partial charge in [-0.2, -0.15) is 0 Å². The molecule has 1 fully saturated rings. The number of ether oxygens (including phenoxy) is 1. The zero-order valence-electron chi connectivity index (χ0n) is 17.6. The molecule has 0 radical (unpaired) electrons. The fourth-order valence-corrected chi connectivity index (χ4v) is 3.03. The number of fused-ring (bicyclic) bond motifs is 1.